The molecule has 1 unspecified atom stereocenters. The van der Waals surface area contributed by atoms with Gasteiger partial charge in [0.15, 0.2) is 0 Å². The van der Waals surface area contributed by atoms with Crippen LogP contribution in [0.5, 0.6) is 0 Å². The molecule has 0 fully saturated rings. The number of aryl methyl sites for hydroxylation is 1. The maximum atomic E-state index is 11.7. The Morgan fingerprint density at radius 2 is 2.16 bits per heavy atom. The van der Waals surface area contributed by atoms with Gasteiger partial charge in [0.05, 0.1) is 11.5 Å². The molecule has 1 aromatic rings. The van der Waals surface area contributed by atoms with Crippen LogP contribution < -0.4 is 11.1 Å². The second-order valence-electron chi connectivity index (χ2n) is 3.88. The van der Waals surface area contributed by atoms with E-state index in [0.717, 1.165) is 0 Å². The SMILES string of the molecule is Cc1cc([N+](=O)[O-])ccc1C(=O)NCC(O)C(N)=O. The van der Waals surface area contributed by atoms with Gasteiger partial charge in [-0.15, -0.1) is 0 Å². The topological polar surface area (TPSA) is 136 Å². The van der Waals surface area contributed by atoms with Crippen LogP contribution in [0.15, 0.2) is 18.2 Å². The summed E-state index contributed by atoms with van der Waals surface area (Å²) in [6.07, 6.45) is -1.47. The summed E-state index contributed by atoms with van der Waals surface area (Å²) in [5.74, 6) is -1.49. The number of nitrogens with zero attached hydrogens (tertiary/aromatic N) is 1. The van der Waals surface area contributed by atoms with Crippen molar-refractivity contribution in [2.24, 2.45) is 5.73 Å². The lowest BCUT2D eigenvalue weighted by molar-refractivity contribution is -0.384. The van der Waals surface area contributed by atoms with Gasteiger partial charge in [-0.1, -0.05) is 0 Å². The number of aliphatic hydroxyl groups excluding tert-OH is 1. The van der Waals surface area contributed by atoms with E-state index in [9.17, 15) is 19.7 Å². The molecule has 8 nitrogen and oxygen atoms in total. The van der Waals surface area contributed by atoms with Crippen LogP contribution in [0.4, 0.5) is 5.69 Å². The van der Waals surface area contributed by atoms with Gasteiger partial charge in [-0.25, -0.2) is 0 Å². The highest BCUT2D eigenvalue weighted by atomic mass is 16.6. The maximum absolute atomic E-state index is 11.7. The van der Waals surface area contributed by atoms with E-state index in [1.165, 1.54) is 18.2 Å². The minimum atomic E-state index is -1.47. The molecular formula is C11H13N3O5. The third-order valence-corrected chi connectivity index (χ3v) is 2.45. The van der Waals surface area contributed by atoms with Crippen molar-refractivity contribution in [1.29, 1.82) is 0 Å². The highest BCUT2D eigenvalue weighted by molar-refractivity contribution is 5.96. The average molecular weight is 267 g/mol. The van der Waals surface area contributed by atoms with Crippen molar-refractivity contribution in [1.82, 2.24) is 5.32 Å². The number of amides is 2. The van der Waals surface area contributed by atoms with E-state index >= 15 is 0 Å². The molecular weight excluding hydrogens is 254 g/mol. The number of hydrogen-bond acceptors (Lipinski definition) is 5. The Bertz CT molecular complexity index is 529. The molecule has 0 saturated carbocycles. The number of benzene rings is 1. The lowest BCUT2D eigenvalue weighted by Crippen LogP contribution is -2.40. The van der Waals surface area contributed by atoms with Crippen molar-refractivity contribution in [3.8, 4) is 0 Å². The lowest BCUT2D eigenvalue weighted by atomic mass is 10.1. The average Bonchev–Trinajstić information content (AvgIpc) is 2.34. The Morgan fingerprint density at radius 3 is 2.63 bits per heavy atom. The normalized spacial score (nSPS) is 11.7. The second kappa shape index (κ2) is 5.91. The number of hydrogen-bond donors (Lipinski definition) is 3. The summed E-state index contributed by atoms with van der Waals surface area (Å²) in [6, 6.07) is 3.77. The molecule has 2 amide bonds. The van der Waals surface area contributed by atoms with Gasteiger partial charge in [0.25, 0.3) is 11.6 Å². The summed E-state index contributed by atoms with van der Waals surface area (Å²) in [4.78, 5) is 32.3. The zero-order chi connectivity index (χ0) is 14.6. The first-order chi connectivity index (χ1) is 8.82. The van der Waals surface area contributed by atoms with E-state index in [-0.39, 0.29) is 17.8 Å². The number of primary amides is 1. The van der Waals surface area contributed by atoms with E-state index < -0.39 is 22.8 Å². The Labute approximate surface area is 108 Å². The van der Waals surface area contributed by atoms with Crippen LogP contribution in [0.2, 0.25) is 0 Å². The molecule has 1 rings (SSSR count). The molecule has 0 spiro atoms. The Balaban J connectivity index is 2.78. The number of carbonyl (C=O) groups is 2. The predicted octanol–water partition coefficient (Wildman–Crippen LogP) is -0.521. The first-order valence-corrected chi connectivity index (χ1v) is 5.33. The summed E-state index contributed by atoms with van der Waals surface area (Å²) in [7, 11) is 0. The number of rotatable bonds is 5. The fraction of sp³-hybridized carbons (Fsp3) is 0.273. The van der Waals surface area contributed by atoms with Gasteiger partial charge >= 0.3 is 0 Å². The van der Waals surface area contributed by atoms with Crippen LogP contribution in [-0.4, -0.2) is 34.5 Å². The zero-order valence-corrected chi connectivity index (χ0v) is 10.1. The van der Waals surface area contributed by atoms with Gasteiger partial charge in [0.1, 0.15) is 6.10 Å². The molecule has 1 atom stereocenters. The summed E-state index contributed by atoms with van der Waals surface area (Å²) < 4.78 is 0. The summed E-state index contributed by atoms with van der Waals surface area (Å²) in [6.45, 7) is 1.23. The highest BCUT2D eigenvalue weighted by Crippen LogP contribution is 2.16. The van der Waals surface area contributed by atoms with E-state index in [1.807, 2.05) is 0 Å². The van der Waals surface area contributed by atoms with Crippen LogP contribution >= 0.6 is 0 Å². The molecule has 0 radical (unpaired) electrons. The van der Waals surface area contributed by atoms with E-state index in [0.29, 0.717) is 5.56 Å². The van der Waals surface area contributed by atoms with Gasteiger partial charge in [0, 0.05) is 17.7 Å². The van der Waals surface area contributed by atoms with Crippen LogP contribution in [0, 0.1) is 17.0 Å². The fourth-order valence-corrected chi connectivity index (χ4v) is 1.40. The Kier molecular flexibility index (Phi) is 4.54. The number of carbonyl (C=O) groups excluding carboxylic acids is 2. The first kappa shape index (κ1) is 14.6. The molecule has 0 aliphatic heterocycles. The van der Waals surface area contributed by atoms with Crippen molar-refractivity contribution in [3.05, 3.63) is 39.4 Å². The molecule has 19 heavy (non-hydrogen) atoms. The van der Waals surface area contributed by atoms with Gasteiger partial charge < -0.3 is 16.2 Å². The zero-order valence-electron chi connectivity index (χ0n) is 10.1. The number of nitro groups is 1. The second-order valence-corrected chi connectivity index (χ2v) is 3.88. The van der Waals surface area contributed by atoms with Gasteiger partial charge in [-0.05, 0) is 18.6 Å². The van der Waals surface area contributed by atoms with Crippen LogP contribution in [0.1, 0.15) is 15.9 Å². The van der Waals surface area contributed by atoms with Crippen molar-refractivity contribution in [3.63, 3.8) is 0 Å². The van der Waals surface area contributed by atoms with Gasteiger partial charge in [-0.2, -0.15) is 0 Å². The summed E-state index contributed by atoms with van der Waals surface area (Å²) in [5, 5.41) is 22.0. The molecule has 0 saturated heterocycles. The largest absolute Gasteiger partial charge is 0.381 e. The molecule has 1 aromatic carbocycles. The molecule has 0 aliphatic rings. The minimum absolute atomic E-state index is 0.119. The number of nitrogens with one attached hydrogen (secondary N) is 1. The summed E-state index contributed by atoms with van der Waals surface area (Å²) in [5.41, 5.74) is 5.35. The number of non-ortho nitro benzene ring substituents is 1. The predicted molar refractivity (Wildman–Crippen MR) is 65.4 cm³/mol. The monoisotopic (exact) mass is 267 g/mol. The quantitative estimate of drug-likeness (QED) is 0.487. The van der Waals surface area contributed by atoms with E-state index in [4.69, 9.17) is 10.8 Å². The molecule has 4 N–H and O–H groups in total. The van der Waals surface area contributed by atoms with E-state index in [2.05, 4.69) is 5.32 Å². The summed E-state index contributed by atoms with van der Waals surface area (Å²) >= 11 is 0. The molecule has 0 aromatic heterocycles. The third-order valence-electron chi connectivity index (χ3n) is 2.45. The lowest BCUT2D eigenvalue weighted by Gasteiger charge is -2.09. The minimum Gasteiger partial charge on any atom is -0.381 e. The van der Waals surface area contributed by atoms with Crippen LogP contribution in [-0.2, 0) is 4.79 Å². The van der Waals surface area contributed by atoms with Crippen molar-refractivity contribution in [2.45, 2.75) is 13.0 Å². The van der Waals surface area contributed by atoms with Crippen LogP contribution in [0.25, 0.3) is 0 Å². The Hall–Kier alpha value is -2.48. The van der Waals surface area contributed by atoms with Gasteiger partial charge in [0.2, 0.25) is 5.91 Å². The third kappa shape index (κ3) is 3.75. The molecule has 8 heteroatoms. The molecule has 102 valence electrons. The first-order valence-electron chi connectivity index (χ1n) is 5.33. The van der Waals surface area contributed by atoms with Gasteiger partial charge in [-0.3, -0.25) is 19.7 Å². The smallest absolute Gasteiger partial charge is 0.269 e. The molecule has 0 heterocycles. The number of aliphatic hydroxyl groups is 1. The van der Waals surface area contributed by atoms with Crippen molar-refractivity contribution < 1.29 is 19.6 Å². The van der Waals surface area contributed by atoms with Crippen molar-refractivity contribution >= 4 is 17.5 Å². The number of nitro benzene ring substituents is 1. The number of nitrogens with two attached hydrogens (primary N) is 1. The maximum Gasteiger partial charge on any atom is 0.269 e. The molecule has 0 aliphatic carbocycles. The van der Waals surface area contributed by atoms with E-state index in [1.54, 1.807) is 6.92 Å². The van der Waals surface area contributed by atoms with Crippen LogP contribution in [0.3, 0.4) is 0 Å². The Morgan fingerprint density at radius 1 is 1.53 bits per heavy atom. The molecule has 0 bridgehead atoms. The standard InChI is InChI=1S/C11H13N3O5/c1-6-4-7(14(18)19)2-3-8(6)11(17)13-5-9(15)10(12)16/h2-4,9,15H,5H2,1H3,(H2,12,16)(H,13,17). The van der Waals surface area contributed by atoms with Crippen molar-refractivity contribution in [2.75, 3.05) is 6.54 Å². The fourth-order valence-electron chi connectivity index (χ4n) is 1.40. The highest BCUT2D eigenvalue weighted by Gasteiger charge is 2.16.